The summed E-state index contributed by atoms with van der Waals surface area (Å²) in [6.07, 6.45) is 9.53. The largest absolute Gasteiger partial charge is 0.460 e. The molecule has 2 saturated heterocycles. The molecule has 3 heterocycles. The summed E-state index contributed by atoms with van der Waals surface area (Å²) in [5, 5.41) is 44.8. The van der Waals surface area contributed by atoms with Gasteiger partial charge in [0, 0.05) is 51.4 Å². The third-order valence-electron chi connectivity index (χ3n) is 14.2. The van der Waals surface area contributed by atoms with Crippen molar-refractivity contribution in [2.75, 3.05) is 20.8 Å². The number of methoxy groups -OCH3 is 2. The maximum atomic E-state index is 14.3. The minimum atomic E-state index is -2.48. The van der Waals surface area contributed by atoms with Gasteiger partial charge in [0.1, 0.15) is 30.1 Å². The molecule has 3 aliphatic heterocycles. The highest BCUT2D eigenvalue weighted by molar-refractivity contribution is 6.39. The Morgan fingerprint density at radius 2 is 1.58 bits per heavy atom. The zero-order valence-corrected chi connectivity index (χ0v) is 39.6. The molecule has 64 heavy (non-hydrogen) atoms. The van der Waals surface area contributed by atoms with Gasteiger partial charge in [-0.1, -0.05) is 71.1 Å². The maximum Gasteiger partial charge on any atom is 0.329 e. The third-order valence-corrected chi connectivity index (χ3v) is 14.2. The molecule has 4 rings (SSSR count). The van der Waals surface area contributed by atoms with Crippen LogP contribution in [0.2, 0.25) is 0 Å². The summed E-state index contributed by atoms with van der Waals surface area (Å²) >= 11 is 0. The molecule has 2 bridgehead atoms. The number of ether oxygens (including phenoxy) is 4. The number of carbonyl (C=O) groups excluding carboxylic acids is 5. The van der Waals surface area contributed by atoms with E-state index in [2.05, 4.69) is 0 Å². The molecule has 3 fully saturated rings. The van der Waals surface area contributed by atoms with Gasteiger partial charge in [0.15, 0.2) is 5.78 Å². The topological polar surface area (TPSA) is 206 Å². The molecule has 0 aromatic heterocycles. The molecule has 4 aliphatic rings. The summed E-state index contributed by atoms with van der Waals surface area (Å²) < 4.78 is 23.3. The Labute approximate surface area is 380 Å². The van der Waals surface area contributed by atoms with Gasteiger partial charge in [-0.15, -0.1) is 0 Å². The number of carbonyl (C=O) groups is 5. The van der Waals surface area contributed by atoms with Crippen LogP contribution in [0.15, 0.2) is 47.6 Å². The van der Waals surface area contributed by atoms with E-state index in [4.69, 9.17) is 18.9 Å². The lowest BCUT2D eigenvalue weighted by molar-refractivity contribution is -0.265. The standard InChI is InChI=1S/C50H77NO13/c1-29-15-11-10-12-16-30(2)40(53)27-37-20-18-35(7)50(60,64-37)47(57)48(58)51-22-14-13-17-38(51)49(59)63-42(32(4)25-36-19-21-39(52)43(26-36)61-8)28-41(54)31(3)24-34(6)45(56)46(62-9)44(55)33(5)23-29/h10-12,15-16,24,29,31-33,35-40,42-43,45-46,52-53,56,60H,13-14,17-23,25-28H2,1-9H3/b12-10-,15-11-,30-16-,34-24+/t29-,31-,32-,33-,35-,36+,37+,38+,39-,40+,42+,43-,45-,46+,50-/m1/s1. The monoisotopic (exact) mass is 900 g/mol. The summed E-state index contributed by atoms with van der Waals surface area (Å²) in [6.45, 7) is 12.5. The van der Waals surface area contributed by atoms with E-state index in [1.807, 2.05) is 32.1 Å². The minimum absolute atomic E-state index is 0.00489. The summed E-state index contributed by atoms with van der Waals surface area (Å²) in [7, 11) is 2.93. The average molecular weight is 900 g/mol. The molecule has 0 radical (unpaired) electrons. The molecule has 0 aromatic carbocycles. The molecule has 360 valence electrons. The summed E-state index contributed by atoms with van der Waals surface area (Å²) in [4.78, 5) is 71.4. The van der Waals surface area contributed by atoms with Crippen LogP contribution in [0.5, 0.6) is 0 Å². The lowest BCUT2D eigenvalue weighted by Gasteiger charge is -2.42. The van der Waals surface area contributed by atoms with Crippen molar-refractivity contribution in [2.24, 2.45) is 35.5 Å². The zero-order valence-electron chi connectivity index (χ0n) is 39.6. The number of Topliss-reactive ketones (excluding diaryl/α,β-unsaturated/α-hetero) is 3. The first-order valence-electron chi connectivity index (χ1n) is 23.5. The first-order chi connectivity index (χ1) is 30.2. The van der Waals surface area contributed by atoms with Crippen molar-refractivity contribution in [3.8, 4) is 0 Å². The van der Waals surface area contributed by atoms with Crippen molar-refractivity contribution >= 4 is 29.2 Å². The fourth-order valence-electron chi connectivity index (χ4n) is 9.85. The number of hydrogen-bond acceptors (Lipinski definition) is 13. The van der Waals surface area contributed by atoms with Gasteiger partial charge in [-0.2, -0.15) is 0 Å². The Morgan fingerprint density at radius 3 is 2.27 bits per heavy atom. The SMILES string of the molecule is CO[C@@H]1C[C@H](C[C@@H](C)[C@@H]2CC(=O)[C@H](C)/C=C(\C)[C@@H](O)[C@@H](OC)C(=O)[C@H](C)C[C@H](C)\C=C/C=C\C=C(\C)[C@@H](O)C[C@@H]3CC[C@@H](C)[C@@](O)(O3)C(=O)C(=O)N3CCCC[C@H]3C(=O)O2)CC[C@H]1O. The van der Waals surface area contributed by atoms with Crippen LogP contribution < -0.4 is 0 Å². The van der Waals surface area contributed by atoms with E-state index >= 15 is 0 Å². The van der Waals surface area contributed by atoms with Crippen LogP contribution in [0.25, 0.3) is 0 Å². The first-order valence-corrected chi connectivity index (χ1v) is 23.5. The number of amides is 1. The average Bonchev–Trinajstić information content (AvgIpc) is 3.26. The van der Waals surface area contributed by atoms with Crippen LogP contribution in [0.3, 0.4) is 0 Å². The molecule has 0 aromatic rings. The van der Waals surface area contributed by atoms with Crippen molar-refractivity contribution < 1.29 is 63.3 Å². The second-order valence-corrected chi connectivity index (χ2v) is 19.4. The zero-order chi connectivity index (χ0) is 47.5. The van der Waals surface area contributed by atoms with Crippen molar-refractivity contribution in [2.45, 2.75) is 180 Å². The van der Waals surface area contributed by atoms with Crippen molar-refractivity contribution in [3.63, 3.8) is 0 Å². The fourth-order valence-corrected chi connectivity index (χ4v) is 9.85. The predicted molar refractivity (Wildman–Crippen MR) is 240 cm³/mol. The Kier molecular flexibility index (Phi) is 20.3. The Bertz CT molecular complexity index is 1740. The molecule has 1 amide bonds. The number of piperidine rings is 1. The number of esters is 1. The molecule has 14 heteroatoms. The van der Waals surface area contributed by atoms with Gasteiger partial charge < -0.3 is 44.3 Å². The Morgan fingerprint density at radius 1 is 0.859 bits per heavy atom. The maximum absolute atomic E-state index is 14.3. The number of aliphatic hydroxyl groups is 4. The third kappa shape index (κ3) is 13.8. The number of aliphatic hydroxyl groups excluding tert-OH is 3. The highest BCUT2D eigenvalue weighted by Gasteiger charge is 2.53. The van der Waals surface area contributed by atoms with Crippen LogP contribution in [-0.4, -0.2) is 130 Å². The van der Waals surface area contributed by atoms with Crippen molar-refractivity contribution in [3.05, 3.63) is 47.6 Å². The summed E-state index contributed by atoms with van der Waals surface area (Å²) in [5.41, 5.74) is 1.000. The lowest BCUT2D eigenvalue weighted by atomic mass is 9.78. The van der Waals surface area contributed by atoms with E-state index in [9.17, 15) is 44.4 Å². The molecular formula is C50H77NO13. The van der Waals surface area contributed by atoms with E-state index in [0.29, 0.717) is 68.9 Å². The van der Waals surface area contributed by atoms with Crippen molar-refractivity contribution in [1.29, 1.82) is 0 Å². The smallest absolute Gasteiger partial charge is 0.329 e. The lowest BCUT2D eigenvalue weighted by Crippen LogP contribution is -2.61. The van der Waals surface area contributed by atoms with Crippen LogP contribution in [0.4, 0.5) is 0 Å². The van der Waals surface area contributed by atoms with Gasteiger partial charge in [0.25, 0.3) is 11.7 Å². The molecule has 14 nitrogen and oxygen atoms in total. The normalized spacial score (nSPS) is 40.9. The number of cyclic esters (lactones) is 1. The van der Waals surface area contributed by atoms with E-state index < -0.39 is 83.9 Å². The van der Waals surface area contributed by atoms with Gasteiger partial charge in [0.05, 0.1) is 24.4 Å². The fraction of sp³-hybridized carbons (Fsp3) is 0.740. The molecule has 1 aliphatic carbocycles. The number of hydrogen-bond donors (Lipinski definition) is 4. The van der Waals surface area contributed by atoms with Gasteiger partial charge >= 0.3 is 5.97 Å². The van der Waals surface area contributed by atoms with Crippen LogP contribution in [-0.2, 0) is 42.9 Å². The second-order valence-electron chi connectivity index (χ2n) is 19.4. The quantitative estimate of drug-likeness (QED) is 0.153. The highest BCUT2D eigenvalue weighted by Crippen LogP contribution is 2.37. The number of rotatable bonds is 5. The van der Waals surface area contributed by atoms with Crippen LogP contribution in [0.1, 0.15) is 126 Å². The molecule has 15 atom stereocenters. The molecule has 0 spiro atoms. The minimum Gasteiger partial charge on any atom is -0.460 e. The predicted octanol–water partition coefficient (Wildman–Crippen LogP) is 5.53. The Hall–Kier alpha value is -3.37. The van der Waals surface area contributed by atoms with Crippen molar-refractivity contribution in [1.82, 2.24) is 4.90 Å². The van der Waals surface area contributed by atoms with E-state index in [-0.39, 0.29) is 61.2 Å². The molecule has 4 N–H and O–H groups in total. The van der Waals surface area contributed by atoms with Gasteiger partial charge in [0.2, 0.25) is 5.79 Å². The van der Waals surface area contributed by atoms with Gasteiger partial charge in [-0.05, 0) is 107 Å². The van der Waals surface area contributed by atoms with E-state index in [1.165, 1.54) is 7.11 Å². The Balaban J connectivity index is 1.69. The number of fused-ring (bicyclic) bond motifs is 3. The molecule has 0 unspecified atom stereocenters. The number of allylic oxidation sites excluding steroid dienone is 6. The number of ketones is 3. The van der Waals surface area contributed by atoms with E-state index in [1.54, 1.807) is 60.0 Å². The summed E-state index contributed by atoms with van der Waals surface area (Å²) in [6, 6.07) is -1.16. The summed E-state index contributed by atoms with van der Waals surface area (Å²) in [5.74, 6) is -8.24. The van der Waals surface area contributed by atoms with Gasteiger partial charge in [-0.25, -0.2) is 4.79 Å². The molecule has 1 saturated carbocycles. The van der Waals surface area contributed by atoms with Crippen LogP contribution in [0, 0.1) is 35.5 Å². The van der Waals surface area contributed by atoms with Crippen LogP contribution >= 0.6 is 0 Å². The van der Waals surface area contributed by atoms with Gasteiger partial charge in [-0.3, -0.25) is 19.2 Å². The number of nitrogens with zero attached hydrogens (tertiary/aromatic N) is 1. The first kappa shape index (κ1) is 53.2. The highest BCUT2D eigenvalue weighted by atomic mass is 16.6. The van der Waals surface area contributed by atoms with E-state index in [0.717, 1.165) is 4.90 Å². The molecular weight excluding hydrogens is 823 g/mol. The second kappa shape index (κ2) is 24.4.